The molecule has 3 aromatic rings. The van der Waals surface area contributed by atoms with Gasteiger partial charge in [0.15, 0.2) is 5.65 Å². The second kappa shape index (κ2) is 8.17. The first kappa shape index (κ1) is 23.5. The van der Waals surface area contributed by atoms with E-state index in [9.17, 15) is 28.3 Å². The number of nitrogens with zero attached hydrogens (tertiary/aromatic N) is 3. The lowest BCUT2D eigenvalue weighted by Gasteiger charge is -2.39. The van der Waals surface area contributed by atoms with E-state index >= 15 is 0 Å². The Hall–Kier alpha value is -3.66. The van der Waals surface area contributed by atoms with Crippen LogP contribution in [0.25, 0.3) is 16.7 Å². The van der Waals surface area contributed by atoms with Crippen LogP contribution in [0.1, 0.15) is 48.9 Å². The van der Waals surface area contributed by atoms with Crippen LogP contribution < -0.4 is 15.6 Å². The third kappa shape index (κ3) is 3.57. The minimum absolute atomic E-state index is 0.0155. The van der Waals surface area contributed by atoms with E-state index in [4.69, 9.17) is 0 Å². The van der Waals surface area contributed by atoms with Crippen LogP contribution in [0.4, 0.5) is 14.6 Å². The van der Waals surface area contributed by atoms with Crippen LogP contribution in [-0.4, -0.2) is 44.7 Å². The van der Waals surface area contributed by atoms with E-state index in [1.807, 2.05) is 0 Å². The summed E-state index contributed by atoms with van der Waals surface area (Å²) in [6.45, 7) is 0.0397. The molecule has 8 rings (SSSR count). The van der Waals surface area contributed by atoms with E-state index in [-0.39, 0.29) is 52.5 Å². The Balaban J connectivity index is 1.35. The van der Waals surface area contributed by atoms with Gasteiger partial charge in [-0.25, -0.2) is 13.8 Å². The van der Waals surface area contributed by atoms with E-state index in [1.54, 1.807) is 0 Å². The maximum atomic E-state index is 15.0. The summed E-state index contributed by atoms with van der Waals surface area (Å²) in [7, 11) is 0. The molecule has 5 aliphatic rings. The van der Waals surface area contributed by atoms with Crippen LogP contribution in [0.15, 0.2) is 41.3 Å². The number of pyridine rings is 2. The van der Waals surface area contributed by atoms with Crippen molar-refractivity contribution >= 4 is 28.7 Å². The number of amides is 2. The van der Waals surface area contributed by atoms with Crippen LogP contribution in [-0.2, 0) is 4.79 Å². The Morgan fingerprint density at radius 2 is 1.84 bits per heavy atom. The van der Waals surface area contributed by atoms with Gasteiger partial charge in [-0.1, -0.05) is 0 Å². The topological polar surface area (TPSA) is 105 Å². The first-order valence-corrected chi connectivity index (χ1v) is 13.0. The number of halogens is 2. The van der Waals surface area contributed by atoms with Crippen molar-refractivity contribution in [3.05, 3.63) is 63.9 Å². The standard InChI is InChI=1S/C28H26F2N4O4/c29-17-1-3-22(21(30)7-17)33-13-20(27(38)32-28-9-14-5-15(10-28)16(6-14)11-28)25(37)19-2-4-23(31-26(19)33)34-12-18(35)8-24(34)36/h1-4,7,13-16,18,35H,5-6,8-12H2,(H,32,38)/t14?,15?,16?,18-,28?/m0/s1. The maximum absolute atomic E-state index is 15.0. The molecule has 8 nitrogen and oxygen atoms in total. The summed E-state index contributed by atoms with van der Waals surface area (Å²) in [5.41, 5.74) is -1.11. The lowest BCUT2D eigenvalue weighted by molar-refractivity contribution is -0.117. The summed E-state index contributed by atoms with van der Waals surface area (Å²) < 4.78 is 30.0. The van der Waals surface area contributed by atoms with Crippen molar-refractivity contribution in [2.75, 3.05) is 11.4 Å². The molecule has 1 aromatic carbocycles. The Labute approximate surface area is 216 Å². The fraction of sp³-hybridized carbons (Fsp3) is 0.429. The van der Waals surface area contributed by atoms with Gasteiger partial charge in [0.05, 0.1) is 30.1 Å². The number of aliphatic hydroxyl groups is 1. The van der Waals surface area contributed by atoms with Gasteiger partial charge in [0.1, 0.15) is 23.0 Å². The fourth-order valence-electron chi connectivity index (χ4n) is 7.55. The number of hydrogen-bond acceptors (Lipinski definition) is 5. The number of hydrogen-bond donors (Lipinski definition) is 2. The number of carbonyl (C=O) groups is 2. The summed E-state index contributed by atoms with van der Waals surface area (Å²) in [4.78, 5) is 45.3. The van der Waals surface area contributed by atoms with Crippen LogP contribution >= 0.6 is 0 Å². The molecule has 2 N–H and O–H groups in total. The second-order valence-corrected chi connectivity index (χ2v) is 11.4. The van der Waals surface area contributed by atoms with Gasteiger partial charge >= 0.3 is 0 Å². The minimum atomic E-state index is -0.897. The molecule has 0 spiro atoms. The lowest BCUT2D eigenvalue weighted by Crippen LogP contribution is -2.51. The zero-order valence-corrected chi connectivity index (χ0v) is 20.5. The number of β-amino-alcohol motifs (C(OH)–C–C–N with tert-alkyl or cyclic N) is 1. The molecular formula is C28H26F2N4O4. The van der Waals surface area contributed by atoms with Crippen LogP contribution in [0.5, 0.6) is 0 Å². The van der Waals surface area contributed by atoms with Gasteiger partial charge in [0.25, 0.3) is 5.91 Å². The number of fused-ring (bicyclic) bond motifs is 1. The van der Waals surface area contributed by atoms with Crippen molar-refractivity contribution in [3.63, 3.8) is 0 Å². The van der Waals surface area contributed by atoms with Crippen molar-refractivity contribution < 1.29 is 23.5 Å². The molecule has 4 aliphatic carbocycles. The molecule has 196 valence electrons. The molecule has 2 aromatic heterocycles. The summed E-state index contributed by atoms with van der Waals surface area (Å²) in [5, 5.41) is 13.1. The van der Waals surface area contributed by atoms with Crippen molar-refractivity contribution in [1.29, 1.82) is 0 Å². The molecular weight excluding hydrogens is 494 g/mol. The molecule has 1 saturated heterocycles. The van der Waals surface area contributed by atoms with Crippen molar-refractivity contribution in [2.45, 2.75) is 50.2 Å². The number of nitrogens with one attached hydrogen (secondary N) is 1. The van der Waals surface area contributed by atoms with Gasteiger partial charge in [-0.15, -0.1) is 0 Å². The van der Waals surface area contributed by atoms with E-state index in [0.717, 1.165) is 31.4 Å². The molecule has 1 aliphatic heterocycles. The molecule has 5 fully saturated rings. The van der Waals surface area contributed by atoms with Gasteiger partial charge in [-0.05, 0) is 74.1 Å². The summed E-state index contributed by atoms with van der Waals surface area (Å²) in [6.07, 6.45) is 5.50. The Morgan fingerprint density at radius 1 is 1.08 bits per heavy atom. The van der Waals surface area contributed by atoms with Crippen molar-refractivity contribution in [2.24, 2.45) is 17.8 Å². The predicted octanol–water partition coefficient (Wildman–Crippen LogP) is 3.07. The summed E-state index contributed by atoms with van der Waals surface area (Å²) in [5.74, 6) is -0.501. The van der Waals surface area contributed by atoms with Gasteiger partial charge in [0.2, 0.25) is 11.3 Å². The van der Waals surface area contributed by atoms with Gasteiger partial charge < -0.3 is 10.4 Å². The maximum Gasteiger partial charge on any atom is 0.257 e. The normalized spacial score (nSPS) is 29.6. The summed E-state index contributed by atoms with van der Waals surface area (Å²) in [6, 6.07) is 5.94. The number of anilines is 1. The van der Waals surface area contributed by atoms with E-state index in [2.05, 4.69) is 10.3 Å². The highest BCUT2D eigenvalue weighted by Crippen LogP contribution is 2.59. The van der Waals surface area contributed by atoms with Crippen LogP contribution in [0, 0.1) is 29.4 Å². The smallest absolute Gasteiger partial charge is 0.257 e. The Kier molecular flexibility index (Phi) is 5.04. The highest BCUT2D eigenvalue weighted by molar-refractivity contribution is 5.99. The van der Waals surface area contributed by atoms with E-state index < -0.39 is 29.1 Å². The zero-order chi connectivity index (χ0) is 26.3. The van der Waals surface area contributed by atoms with Crippen LogP contribution in [0.2, 0.25) is 0 Å². The SMILES string of the molecule is O=C(NC12CC3CC(C1)C(C3)C2)c1cn(-c2ccc(F)cc2F)c2nc(N3C[C@@H](O)CC3=O)ccc2c1=O. The Bertz CT molecular complexity index is 1570. The third-order valence-electron chi connectivity index (χ3n) is 8.93. The number of rotatable bonds is 4. The fourth-order valence-corrected chi connectivity index (χ4v) is 7.55. The molecule has 4 saturated carbocycles. The van der Waals surface area contributed by atoms with Crippen molar-refractivity contribution in [1.82, 2.24) is 14.9 Å². The minimum Gasteiger partial charge on any atom is -0.391 e. The molecule has 2 amide bonds. The number of benzene rings is 1. The van der Waals surface area contributed by atoms with Gasteiger partial charge in [-0.2, -0.15) is 0 Å². The quantitative estimate of drug-likeness (QED) is 0.550. The molecule has 10 heteroatoms. The molecule has 38 heavy (non-hydrogen) atoms. The summed E-state index contributed by atoms with van der Waals surface area (Å²) >= 11 is 0. The highest BCUT2D eigenvalue weighted by Gasteiger charge is 2.56. The average Bonchev–Trinajstić information content (AvgIpc) is 3.44. The Morgan fingerprint density at radius 3 is 2.50 bits per heavy atom. The number of aromatic nitrogens is 2. The third-order valence-corrected chi connectivity index (χ3v) is 8.93. The molecule has 2 unspecified atom stereocenters. The average molecular weight is 521 g/mol. The first-order valence-electron chi connectivity index (χ1n) is 13.0. The van der Waals surface area contributed by atoms with Crippen LogP contribution in [0.3, 0.4) is 0 Å². The van der Waals surface area contributed by atoms with Crippen molar-refractivity contribution in [3.8, 4) is 5.69 Å². The monoisotopic (exact) mass is 520 g/mol. The molecule has 3 atom stereocenters. The van der Waals surface area contributed by atoms with E-state index in [1.165, 1.54) is 46.7 Å². The first-order chi connectivity index (χ1) is 18.2. The lowest BCUT2D eigenvalue weighted by atomic mass is 9.75. The molecule has 0 radical (unpaired) electrons. The van der Waals surface area contributed by atoms with Gasteiger partial charge in [0, 0.05) is 17.8 Å². The second-order valence-electron chi connectivity index (χ2n) is 11.4. The largest absolute Gasteiger partial charge is 0.391 e. The molecule has 3 heterocycles. The zero-order valence-electron chi connectivity index (χ0n) is 20.5. The van der Waals surface area contributed by atoms with E-state index in [0.29, 0.717) is 17.8 Å². The predicted molar refractivity (Wildman–Crippen MR) is 134 cm³/mol. The number of carbonyl (C=O) groups excluding carboxylic acids is 2. The number of aliphatic hydroxyl groups excluding tert-OH is 1. The molecule has 4 bridgehead atoms. The highest BCUT2D eigenvalue weighted by atomic mass is 19.1. The van der Waals surface area contributed by atoms with Gasteiger partial charge in [-0.3, -0.25) is 23.9 Å².